The first-order valence-electron chi connectivity index (χ1n) is 8.29. The van der Waals surface area contributed by atoms with Crippen molar-refractivity contribution in [1.29, 1.82) is 0 Å². The molecule has 23 heavy (non-hydrogen) atoms. The molecule has 0 aliphatic carbocycles. The normalized spacial score (nSPS) is 27.9. The topological polar surface area (TPSA) is 34.6 Å². The van der Waals surface area contributed by atoms with E-state index in [0.717, 1.165) is 26.1 Å². The van der Waals surface area contributed by atoms with Crippen molar-refractivity contribution >= 4 is 11.3 Å². The Kier molecular flexibility index (Phi) is 4.71. The van der Waals surface area contributed by atoms with Crippen LogP contribution >= 0.6 is 11.3 Å². The van der Waals surface area contributed by atoms with Gasteiger partial charge < -0.3 is 9.47 Å². The van der Waals surface area contributed by atoms with Crippen molar-refractivity contribution in [3.05, 3.63) is 52.5 Å². The maximum absolute atomic E-state index is 6.22. The minimum Gasteiger partial charge on any atom is -0.374 e. The molecule has 0 spiro atoms. The standard InChI is InChI=1S/C18H22N2O2S/c1-4-16-18(21-9-1)17(22-13-14-5-7-19-8-6-14)12-20(16)11-15-3-2-10-23-15/h2-3,5-8,10,16-18H,1,4,9,11-13H2/t16-,17+,18+/m0/s1. The Bertz CT molecular complexity index is 605. The van der Waals surface area contributed by atoms with Crippen molar-refractivity contribution in [1.82, 2.24) is 9.88 Å². The fourth-order valence-electron chi connectivity index (χ4n) is 3.62. The number of hydrogen-bond donors (Lipinski definition) is 0. The Balaban J connectivity index is 1.42. The molecule has 3 atom stereocenters. The number of aromatic nitrogens is 1. The Morgan fingerprint density at radius 3 is 3.04 bits per heavy atom. The van der Waals surface area contributed by atoms with Crippen LogP contribution < -0.4 is 0 Å². The van der Waals surface area contributed by atoms with E-state index in [2.05, 4.69) is 27.4 Å². The van der Waals surface area contributed by atoms with Crippen molar-refractivity contribution in [3.63, 3.8) is 0 Å². The number of thiophene rings is 1. The van der Waals surface area contributed by atoms with Crippen LogP contribution in [0.3, 0.4) is 0 Å². The summed E-state index contributed by atoms with van der Waals surface area (Å²) in [5.41, 5.74) is 1.17. The van der Waals surface area contributed by atoms with Crippen LogP contribution in [0.2, 0.25) is 0 Å². The molecular formula is C18H22N2O2S. The first-order valence-corrected chi connectivity index (χ1v) is 9.16. The predicted octanol–water partition coefficient (Wildman–Crippen LogP) is 3.09. The summed E-state index contributed by atoms with van der Waals surface area (Å²) >= 11 is 1.83. The van der Waals surface area contributed by atoms with Crippen LogP contribution in [0.25, 0.3) is 0 Å². The minimum absolute atomic E-state index is 0.161. The molecule has 4 rings (SSSR count). The SMILES string of the molecule is c1csc(CN2C[C@@H](OCc3ccncc3)[C@@H]3OCCC[C@@H]32)c1. The molecule has 122 valence electrons. The van der Waals surface area contributed by atoms with E-state index >= 15 is 0 Å². The third-order valence-electron chi connectivity index (χ3n) is 4.74. The molecule has 2 aliphatic heterocycles. The lowest BCUT2D eigenvalue weighted by Gasteiger charge is -2.32. The number of nitrogens with zero attached hydrogens (tertiary/aromatic N) is 2. The molecule has 2 fully saturated rings. The highest BCUT2D eigenvalue weighted by molar-refractivity contribution is 7.09. The van der Waals surface area contributed by atoms with Gasteiger partial charge in [-0.25, -0.2) is 0 Å². The summed E-state index contributed by atoms with van der Waals surface area (Å²) in [5.74, 6) is 0. The second kappa shape index (κ2) is 7.09. The molecule has 2 aromatic heterocycles. The lowest BCUT2D eigenvalue weighted by Crippen LogP contribution is -2.41. The van der Waals surface area contributed by atoms with Gasteiger partial charge in [0.1, 0.15) is 6.10 Å². The summed E-state index contributed by atoms with van der Waals surface area (Å²) in [5, 5.41) is 2.15. The van der Waals surface area contributed by atoms with E-state index in [1.807, 2.05) is 35.9 Å². The number of fused-ring (bicyclic) bond motifs is 1. The summed E-state index contributed by atoms with van der Waals surface area (Å²) in [7, 11) is 0. The van der Waals surface area contributed by atoms with E-state index in [9.17, 15) is 0 Å². The third kappa shape index (κ3) is 3.48. The summed E-state index contributed by atoms with van der Waals surface area (Å²) in [6.45, 7) is 3.46. The van der Waals surface area contributed by atoms with Crippen LogP contribution in [-0.2, 0) is 22.6 Å². The van der Waals surface area contributed by atoms with Crippen LogP contribution in [0, 0.1) is 0 Å². The van der Waals surface area contributed by atoms with Gasteiger partial charge in [-0.15, -0.1) is 11.3 Å². The molecule has 2 aromatic rings. The van der Waals surface area contributed by atoms with Crippen molar-refractivity contribution in [2.45, 2.75) is 44.2 Å². The molecule has 0 N–H and O–H groups in total. The lowest BCUT2D eigenvalue weighted by molar-refractivity contribution is -0.0818. The number of likely N-dealkylation sites (tertiary alicyclic amines) is 1. The molecule has 0 bridgehead atoms. The Hall–Kier alpha value is -1.27. The molecule has 0 amide bonds. The van der Waals surface area contributed by atoms with Gasteiger partial charge in [-0.3, -0.25) is 9.88 Å². The monoisotopic (exact) mass is 330 g/mol. The highest BCUT2D eigenvalue weighted by Crippen LogP contribution is 2.32. The van der Waals surface area contributed by atoms with Crippen molar-refractivity contribution in [2.75, 3.05) is 13.2 Å². The number of pyridine rings is 1. The van der Waals surface area contributed by atoms with Gasteiger partial charge in [-0.05, 0) is 42.0 Å². The van der Waals surface area contributed by atoms with Crippen molar-refractivity contribution in [3.8, 4) is 0 Å². The summed E-state index contributed by atoms with van der Waals surface area (Å²) < 4.78 is 12.3. The summed E-state index contributed by atoms with van der Waals surface area (Å²) in [6, 6.07) is 8.86. The Morgan fingerprint density at radius 2 is 2.22 bits per heavy atom. The minimum atomic E-state index is 0.161. The van der Waals surface area contributed by atoms with E-state index in [-0.39, 0.29) is 12.2 Å². The number of rotatable bonds is 5. The van der Waals surface area contributed by atoms with Gasteiger partial charge in [0.15, 0.2) is 0 Å². The smallest absolute Gasteiger partial charge is 0.100 e. The fourth-order valence-corrected chi connectivity index (χ4v) is 4.35. The zero-order valence-corrected chi connectivity index (χ0v) is 14.0. The van der Waals surface area contributed by atoms with Crippen LogP contribution in [-0.4, -0.2) is 41.3 Å². The van der Waals surface area contributed by atoms with Crippen LogP contribution in [0.5, 0.6) is 0 Å². The quantitative estimate of drug-likeness (QED) is 0.844. The predicted molar refractivity (Wildman–Crippen MR) is 90.3 cm³/mol. The highest BCUT2D eigenvalue weighted by Gasteiger charge is 2.44. The van der Waals surface area contributed by atoms with E-state index in [4.69, 9.17) is 9.47 Å². The van der Waals surface area contributed by atoms with Crippen molar-refractivity contribution in [2.24, 2.45) is 0 Å². The van der Waals surface area contributed by atoms with Crippen LogP contribution in [0.15, 0.2) is 42.0 Å². The maximum atomic E-state index is 6.22. The average Bonchev–Trinajstić information content (AvgIpc) is 3.23. The van der Waals surface area contributed by atoms with Gasteiger partial charge in [0, 0.05) is 43.0 Å². The van der Waals surface area contributed by atoms with E-state index in [1.54, 1.807) is 0 Å². The third-order valence-corrected chi connectivity index (χ3v) is 5.60. The first kappa shape index (κ1) is 15.3. The lowest BCUT2D eigenvalue weighted by atomic mass is 10.0. The van der Waals surface area contributed by atoms with E-state index < -0.39 is 0 Å². The highest BCUT2D eigenvalue weighted by atomic mass is 32.1. The largest absolute Gasteiger partial charge is 0.374 e. The molecule has 2 saturated heterocycles. The fraction of sp³-hybridized carbons (Fsp3) is 0.500. The molecule has 2 aliphatic rings. The molecule has 4 nitrogen and oxygen atoms in total. The first-order chi connectivity index (χ1) is 11.4. The van der Waals surface area contributed by atoms with E-state index in [0.29, 0.717) is 12.6 Å². The van der Waals surface area contributed by atoms with E-state index in [1.165, 1.54) is 16.9 Å². The van der Waals surface area contributed by atoms with Crippen molar-refractivity contribution < 1.29 is 9.47 Å². The number of hydrogen-bond acceptors (Lipinski definition) is 5. The van der Waals surface area contributed by atoms with Gasteiger partial charge in [-0.1, -0.05) is 6.07 Å². The van der Waals surface area contributed by atoms with Gasteiger partial charge in [0.05, 0.1) is 12.7 Å². The Labute approximate surface area is 141 Å². The molecule has 0 saturated carbocycles. The average molecular weight is 330 g/mol. The molecule has 5 heteroatoms. The summed E-state index contributed by atoms with van der Waals surface area (Å²) in [6.07, 6.45) is 6.37. The van der Waals surface area contributed by atoms with Gasteiger partial charge in [0.25, 0.3) is 0 Å². The van der Waals surface area contributed by atoms with Gasteiger partial charge >= 0.3 is 0 Å². The second-order valence-electron chi connectivity index (χ2n) is 6.26. The van der Waals surface area contributed by atoms with Crippen LogP contribution in [0.1, 0.15) is 23.3 Å². The number of ether oxygens (including phenoxy) is 2. The van der Waals surface area contributed by atoms with Gasteiger partial charge in [-0.2, -0.15) is 0 Å². The summed E-state index contributed by atoms with van der Waals surface area (Å²) in [4.78, 5) is 8.03. The van der Waals surface area contributed by atoms with Gasteiger partial charge in [0.2, 0.25) is 0 Å². The maximum Gasteiger partial charge on any atom is 0.100 e. The molecular weight excluding hydrogens is 308 g/mol. The Morgan fingerprint density at radius 1 is 1.30 bits per heavy atom. The molecule has 0 aromatic carbocycles. The molecule has 0 unspecified atom stereocenters. The second-order valence-corrected chi connectivity index (χ2v) is 7.29. The molecule has 4 heterocycles. The zero-order chi connectivity index (χ0) is 15.5. The zero-order valence-electron chi connectivity index (χ0n) is 13.1. The van der Waals surface area contributed by atoms with Crippen LogP contribution in [0.4, 0.5) is 0 Å². The molecule has 0 radical (unpaired) electrons.